The number of hydrogen-bond donors (Lipinski definition) is 2. The van der Waals surface area contributed by atoms with Crippen LogP contribution in [0.3, 0.4) is 0 Å². The Morgan fingerprint density at radius 2 is 1.07 bits per heavy atom. The zero-order valence-electron chi connectivity index (χ0n) is 18.9. The van der Waals surface area contributed by atoms with E-state index in [1.807, 2.05) is 0 Å². The van der Waals surface area contributed by atoms with Crippen LogP contribution in [0, 0.1) is 0 Å². The maximum atomic E-state index is 10.8. The average Bonchev–Trinajstić information content (AvgIpc) is 2.70. The monoisotopic (exact) mass is 461 g/mol. The van der Waals surface area contributed by atoms with E-state index in [-0.39, 0.29) is 25.9 Å². The van der Waals surface area contributed by atoms with Gasteiger partial charge in [-0.15, -0.1) is 0 Å². The number of thioether (sulfide) groups is 1. The third-order valence-electron chi connectivity index (χ3n) is 5.17. The number of carboxylic acids is 2. The molecule has 0 bridgehead atoms. The van der Waals surface area contributed by atoms with E-state index in [2.05, 4.69) is 6.92 Å². The molecule has 0 aromatic carbocycles. The second-order valence-electron chi connectivity index (χ2n) is 7.99. The largest absolute Gasteiger partial charge is 0.481 e. The number of hydrogen-bond acceptors (Lipinski definition) is 4. The minimum Gasteiger partial charge on any atom is -0.481 e. The third-order valence-corrected chi connectivity index (χ3v) is 6.78. The Bertz CT molecular complexity index is 442. The highest BCUT2D eigenvalue weighted by Gasteiger charge is 2.13. The molecule has 0 aromatic heterocycles. The van der Waals surface area contributed by atoms with Crippen LogP contribution in [0.1, 0.15) is 110 Å². The van der Waals surface area contributed by atoms with Crippen molar-refractivity contribution in [2.24, 2.45) is 0 Å². The van der Waals surface area contributed by atoms with Gasteiger partial charge < -0.3 is 15.1 Å². The first kappa shape index (κ1) is 29.2. The molecule has 30 heavy (non-hydrogen) atoms. The highest BCUT2D eigenvalue weighted by molar-refractivity contribution is 8.22. The molecule has 0 aliphatic carbocycles. The van der Waals surface area contributed by atoms with Crippen molar-refractivity contribution in [2.45, 2.75) is 110 Å². The lowest BCUT2D eigenvalue weighted by atomic mass is 10.0. The highest BCUT2D eigenvalue weighted by Crippen LogP contribution is 2.16. The standard InChI is InChI=1S/C23H43NO4S2/c1-2-3-4-5-6-7-8-9-10-11-12-13-14-15-20-30-23(29)24(18-16-21(25)26)19-17-22(27)28/h2-20H2,1H3,(H,25,26)(H,27,28). The van der Waals surface area contributed by atoms with Crippen molar-refractivity contribution in [1.82, 2.24) is 4.90 Å². The molecule has 0 saturated carbocycles. The van der Waals surface area contributed by atoms with Crippen LogP contribution in [0.15, 0.2) is 0 Å². The molecule has 0 fully saturated rings. The Morgan fingerprint density at radius 3 is 1.43 bits per heavy atom. The molecule has 0 spiro atoms. The maximum absolute atomic E-state index is 10.8. The molecule has 0 unspecified atom stereocenters. The first-order chi connectivity index (χ1) is 14.5. The maximum Gasteiger partial charge on any atom is 0.305 e. The van der Waals surface area contributed by atoms with Gasteiger partial charge in [0.25, 0.3) is 0 Å². The third kappa shape index (κ3) is 20.5. The van der Waals surface area contributed by atoms with E-state index in [1.54, 1.807) is 16.7 Å². The van der Waals surface area contributed by atoms with Gasteiger partial charge in [-0.25, -0.2) is 0 Å². The summed E-state index contributed by atoms with van der Waals surface area (Å²) in [5.74, 6) is -0.877. The van der Waals surface area contributed by atoms with E-state index in [0.29, 0.717) is 4.32 Å². The number of thiocarbonyl (C=S) groups is 1. The van der Waals surface area contributed by atoms with Gasteiger partial charge in [-0.05, 0) is 6.42 Å². The summed E-state index contributed by atoms with van der Waals surface area (Å²) in [7, 11) is 0. The Labute approximate surface area is 193 Å². The Kier molecular flexibility index (Phi) is 20.8. The average molecular weight is 462 g/mol. The molecule has 0 radical (unpaired) electrons. The van der Waals surface area contributed by atoms with Gasteiger partial charge in [0.05, 0.1) is 12.8 Å². The molecule has 0 rings (SSSR count). The SMILES string of the molecule is CCCCCCCCCCCCCCCCSC(=S)N(CCC(=O)O)CCC(=O)O. The fourth-order valence-corrected chi connectivity index (χ4v) is 4.62. The molecule has 0 aliphatic rings. The fraction of sp³-hybridized carbons (Fsp3) is 0.870. The lowest BCUT2D eigenvalue weighted by Crippen LogP contribution is -2.32. The van der Waals surface area contributed by atoms with Crippen LogP contribution < -0.4 is 0 Å². The number of carboxylic acid groups (broad SMARTS) is 2. The van der Waals surface area contributed by atoms with Crippen LogP contribution in [0.2, 0.25) is 0 Å². The summed E-state index contributed by atoms with van der Waals surface area (Å²) in [4.78, 5) is 23.3. The molecule has 5 nitrogen and oxygen atoms in total. The topological polar surface area (TPSA) is 77.8 Å². The van der Waals surface area contributed by atoms with E-state index in [9.17, 15) is 9.59 Å². The van der Waals surface area contributed by atoms with Crippen molar-refractivity contribution < 1.29 is 19.8 Å². The molecule has 7 heteroatoms. The van der Waals surface area contributed by atoms with Gasteiger partial charge in [-0.2, -0.15) is 0 Å². The van der Waals surface area contributed by atoms with Crippen LogP contribution in [0.25, 0.3) is 0 Å². The molecule has 0 aliphatic heterocycles. The predicted octanol–water partition coefficient (Wildman–Crippen LogP) is 6.74. The second-order valence-corrected chi connectivity index (χ2v) is 9.71. The molecule has 2 N–H and O–H groups in total. The van der Waals surface area contributed by atoms with Crippen LogP contribution in [0.5, 0.6) is 0 Å². The van der Waals surface area contributed by atoms with Crippen molar-refractivity contribution in [3.63, 3.8) is 0 Å². The number of rotatable bonds is 21. The first-order valence-corrected chi connectivity index (χ1v) is 13.2. The molecular weight excluding hydrogens is 418 g/mol. The summed E-state index contributed by atoms with van der Waals surface area (Å²) < 4.78 is 0.618. The highest BCUT2D eigenvalue weighted by atomic mass is 32.2. The van der Waals surface area contributed by atoms with Gasteiger partial charge in [0.1, 0.15) is 4.32 Å². The zero-order valence-corrected chi connectivity index (χ0v) is 20.5. The number of unbranched alkanes of at least 4 members (excludes halogenated alkanes) is 13. The van der Waals surface area contributed by atoms with Gasteiger partial charge in [-0.1, -0.05) is 114 Å². The minimum absolute atomic E-state index is 0.0286. The summed E-state index contributed by atoms with van der Waals surface area (Å²) in [6.45, 7) is 2.80. The van der Waals surface area contributed by atoms with E-state index >= 15 is 0 Å². The van der Waals surface area contributed by atoms with E-state index in [0.717, 1.165) is 12.2 Å². The molecular formula is C23H43NO4S2. The Morgan fingerprint density at radius 1 is 0.700 bits per heavy atom. The van der Waals surface area contributed by atoms with Crippen LogP contribution in [-0.4, -0.2) is 50.2 Å². The van der Waals surface area contributed by atoms with Gasteiger partial charge in [0, 0.05) is 18.8 Å². The summed E-state index contributed by atoms with van der Waals surface area (Å²) >= 11 is 6.93. The summed E-state index contributed by atoms with van der Waals surface area (Å²) in [5.41, 5.74) is 0. The second kappa shape index (κ2) is 21.4. The van der Waals surface area contributed by atoms with E-state index in [1.165, 1.54) is 83.5 Å². The summed E-state index contributed by atoms with van der Waals surface area (Å²) in [5, 5.41) is 17.7. The lowest BCUT2D eigenvalue weighted by Gasteiger charge is -2.23. The van der Waals surface area contributed by atoms with Gasteiger partial charge in [0.2, 0.25) is 0 Å². The Hall–Kier alpha value is -0.820. The van der Waals surface area contributed by atoms with Crippen molar-refractivity contribution in [1.29, 1.82) is 0 Å². The molecule has 0 amide bonds. The number of carbonyl (C=O) groups is 2. The van der Waals surface area contributed by atoms with Crippen molar-refractivity contribution in [2.75, 3.05) is 18.8 Å². The molecule has 0 saturated heterocycles. The first-order valence-electron chi connectivity index (χ1n) is 11.8. The van der Waals surface area contributed by atoms with Crippen LogP contribution in [0.4, 0.5) is 0 Å². The van der Waals surface area contributed by atoms with Crippen molar-refractivity contribution in [3.05, 3.63) is 0 Å². The smallest absolute Gasteiger partial charge is 0.305 e. The van der Waals surface area contributed by atoms with Crippen LogP contribution in [-0.2, 0) is 9.59 Å². The van der Waals surface area contributed by atoms with Gasteiger partial charge >= 0.3 is 11.9 Å². The fourth-order valence-electron chi connectivity index (χ4n) is 3.30. The van der Waals surface area contributed by atoms with E-state index in [4.69, 9.17) is 22.4 Å². The lowest BCUT2D eigenvalue weighted by molar-refractivity contribution is -0.137. The number of nitrogens with zero attached hydrogens (tertiary/aromatic N) is 1. The summed E-state index contributed by atoms with van der Waals surface area (Å²) in [6, 6.07) is 0. The minimum atomic E-state index is -0.893. The zero-order chi connectivity index (χ0) is 22.5. The number of aliphatic carboxylic acids is 2. The normalized spacial score (nSPS) is 10.8. The summed E-state index contributed by atoms with van der Waals surface area (Å²) in [6.07, 6.45) is 18.6. The van der Waals surface area contributed by atoms with E-state index < -0.39 is 11.9 Å². The van der Waals surface area contributed by atoms with Crippen molar-refractivity contribution in [3.8, 4) is 0 Å². The van der Waals surface area contributed by atoms with Crippen LogP contribution >= 0.6 is 24.0 Å². The molecule has 0 aromatic rings. The van der Waals surface area contributed by atoms with Gasteiger partial charge in [-0.3, -0.25) is 9.59 Å². The quantitative estimate of drug-likeness (QED) is 0.145. The predicted molar refractivity (Wildman–Crippen MR) is 131 cm³/mol. The van der Waals surface area contributed by atoms with Gasteiger partial charge in [0.15, 0.2) is 0 Å². The molecule has 0 atom stereocenters. The van der Waals surface area contributed by atoms with Crippen molar-refractivity contribution >= 4 is 40.2 Å². The molecule has 176 valence electrons. The Balaban J connectivity index is 3.60. The molecule has 0 heterocycles.